The highest BCUT2D eigenvalue weighted by atomic mass is 32.1. The molecule has 184 valence electrons. The highest BCUT2D eigenvalue weighted by Crippen LogP contribution is 2.48. The van der Waals surface area contributed by atoms with Crippen molar-refractivity contribution in [3.05, 3.63) is 53.6 Å². The summed E-state index contributed by atoms with van der Waals surface area (Å²) in [5.41, 5.74) is 2.74. The van der Waals surface area contributed by atoms with Crippen molar-refractivity contribution in [3.63, 3.8) is 0 Å². The van der Waals surface area contributed by atoms with Crippen LogP contribution in [0.15, 0.2) is 36.7 Å². The molecular formula is C27H29N7OS. The Bertz CT molecular complexity index is 1410. The number of hydrogen-bond acceptors (Lipinski definition) is 5. The lowest BCUT2D eigenvalue weighted by Gasteiger charge is -2.43. The van der Waals surface area contributed by atoms with Gasteiger partial charge in [-0.25, -0.2) is 0 Å². The second-order valence-corrected chi connectivity index (χ2v) is 10.8. The number of aryl methyl sites for hydroxylation is 1. The van der Waals surface area contributed by atoms with Gasteiger partial charge < -0.3 is 14.6 Å². The van der Waals surface area contributed by atoms with Gasteiger partial charge in [0, 0.05) is 17.6 Å². The van der Waals surface area contributed by atoms with Crippen molar-refractivity contribution in [2.75, 3.05) is 29.9 Å². The normalized spacial score (nSPS) is 20.4. The van der Waals surface area contributed by atoms with Crippen LogP contribution in [0.5, 0.6) is 0 Å². The number of rotatable bonds is 4. The molecule has 0 unspecified atom stereocenters. The zero-order chi connectivity index (χ0) is 25.0. The third-order valence-electron chi connectivity index (χ3n) is 8.15. The van der Waals surface area contributed by atoms with Crippen LogP contribution in [0.4, 0.5) is 17.2 Å². The summed E-state index contributed by atoms with van der Waals surface area (Å²) in [6.45, 7) is 12.3. The highest BCUT2D eigenvalue weighted by Gasteiger charge is 2.59. The number of benzene rings is 1. The molecule has 3 aliphatic rings. The molecule has 8 nitrogen and oxygen atoms in total. The minimum absolute atomic E-state index is 0.00595. The SMILES string of the molecule is [C-]#[N+]c1ncc(N2C(=O)C3(CCC3)N(c3ccc4c(cnn4CC4CCN(C)CC4)c3)C2=S)cc1C. The number of fused-ring (bicyclic) bond motifs is 1. The second kappa shape index (κ2) is 8.64. The van der Waals surface area contributed by atoms with Crippen molar-refractivity contribution in [1.82, 2.24) is 19.7 Å². The predicted molar refractivity (Wildman–Crippen MR) is 144 cm³/mol. The van der Waals surface area contributed by atoms with E-state index in [1.807, 2.05) is 24.1 Å². The number of pyridine rings is 1. The summed E-state index contributed by atoms with van der Waals surface area (Å²) in [5, 5.41) is 6.24. The molecule has 2 saturated heterocycles. The van der Waals surface area contributed by atoms with Crippen LogP contribution >= 0.6 is 12.2 Å². The average molecular weight is 500 g/mol. The van der Waals surface area contributed by atoms with Gasteiger partial charge in [-0.05, 0) is 107 Å². The molecule has 1 saturated carbocycles. The van der Waals surface area contributed by atoms with Gasteiger partial charge in [-0.1, -0.05) is 6.57 Å². The lowest BCUT2D eigenvalue weighted by Crippen LogP contribution is -2.55. The van der Waals surface area contributed by atoms with Gasteiger partial charge >= 0.3 is 0 Å². The Labute approximate surface area is 216 Å². The zero-order valence-corrected chi connectivity index (χ0v) is 21.5. The van der Waals surface area contributed by atoms with E-state index in [1.54, 1.807) is 11.1 Å². The van der Waals surface area contributed by atoms with E-state index in [2.05, 4.69) is 44.7 Å². The minimum Gasteiger partial charge on any atom is -0.360 e. The fraction of sp³-hybridized carbons (Fsp3) is 0.444. The first kappa shape index (κ1) is 23.1. The maximum absolute atomic E-state index is 13.8. The molecular weight excluding hydrogens is 470 g/mol. The van der Waals surface area contributed by atoms with E-state index in [1.165, 1.54) is 12.8 Å². The summed E-state index contributed by atoms with van der Waals surface area (Å²) >= 11 is 5.92. The number of hydrogen-bond donors (Lipinski definition) is 0. The summed E-state index contributed by atoms with van der Waals surface area (Å²) in [7, 11) is 2.19. The Kier molecular flexibility index (Phi) is 5.54. The molecule has 2 aromatic heterocycles. The molecule has 36 heavy (non-hydrogen) atoms. The predicted octanol–water partition coefficient (Wildman–Crippen LogP) is 4.69. The maximum Gasteiger partial charge on any atom is 0.272 e. The van der Waals surface area contributed by atoms with E-state index in [0.717, 1.165) is 61.1 Å². The smallest absolute Gasteiger partial charge is 0.272 e. The molecule has 2 aliphatic heterocycles. The molecule has 1 aromatic carbocycles. The van der Waals surface area contributed by atoms with Gasteiger partial charge in [0.15, 0.2) is 5.11 Å². The van der Waals surface area contributed by atoms with Crippen molar-refractivity contribution in [3.8, 4) is 0 Å². The van der Waals surface area contributed by atoms with Crippen molar-refractivity contribution in [2.24, 2.45) is 5.92 Å². The van der Waals surface area contributed by atoms with Crippen molar-refractivity contribution < 1.29 is 4.79 Å². The molecule has 1 aliphatic carbocycles. The Morgan fingerprint density at radius 1 is 1.17 bits per heavy atom. The van der Waals surface area contributed by atoms with Gasteiger partial charge in [0.2, 0.25) is 0 Å². The first-order valence-corrected chi connectivity index (χ1v) is 13.0. The van der Waals surface area contributed by atoms with E-state index in [-0.39, 0.29) is 5.91 Å². The number of thiocarbonyl (C=S) groups is 1. The fourth-order valence-corrected chi connectivity index (χ4v) is 6.32. The summed E-state index contributed by atoms with van der Waals surface area (Å²) in [6.07, 6.45) is 8.43. The maximum atomic E-state index is 13.8. The number of likely N-dealkylation sites (tertiary alicyclic amines) is 1. The lowest BCUT2D eigenvalue weighted by molar-refractivity contribution is -0.123. The first-order valence-electron chi connectivity index (χ1n) is 12.6. The monoisotopic (exact) mass is 499 g/mol. The average Bonchev–Trinajstić information content (AvgIpc) is 3.35. The summed E-state index contributed by atoms with van der Waals surface area (Å²) in [6, 6.07) is 8.13. The second-order valence-electron chi connectivity index (χ2n) is 10.4. The summed E-state index contributed by atoms with van der Waals surface area (Å²) in [5.74, 6) is 0.980. The third-order valence-corrected chi connectivity index (χ3v) is 8.51. The largest absolute Gasteiger partial charge is 0.360 e. The van der Waals surface area contributed by atoms with Crippen LogP contribution < -0.4 is 9.80 Å². The van der Waals surface area contributed by atoms with Gasteiger partial charge in [-0.3, -0.25) is 14.4 Å². The van der Waals surface area contributed by atoms with Crippen molar-refractivity contribution >= 4 is 51.3 Å². The van der Waals surface area contributed by atoms with Crippen molar-refractivity contribution in [2.45, 2.75) is 51.1 Å². The number of aromatic nitrogens is 3. The van der Waals surface area contributed by atoms with E-state index >= 15 is 0 Å². The van der Waals surface area contributed by atoms with Crippen LogP contribution in [-0.2, 0) is 11.3 Å². The van der Waals surface area contributed by atoms with Gasteiger partial charge in [-0.15, -0.1) is 4.98 Å². The number of nitrogens with zero attached hydrogens (tertiary/aromatic N) is 7. The Morgan fingerprint density at radius 3 is 2.61 bits per heavy atom. The van der Waals surface area contributed by atoms with Gasteiger partial charge in [0.05, 0.1) is 17.4 Å². The van der Waals surface area contributed by atoms with Crippen LogP contribution in [0.25, 0.3) is 15.7 Å². The van der Waals surface area contributed by atoms with Crippen LogP contribution in [0.2, 0.25) is 0 Å². The van der Waals surface area contributed by atoms with Gasteiger partial charge in [0.25, 0.3) is 11.7 Å². The number of carbonyl (C=O) groups excluding carboxylic acids is 1. The van der Waals surface area contributed by atoms with Crippen LogP contribution in [0, 0.1) is 19.4 Å². The molecule has 1 spiro atoms. The van der Waals surface area contributed by atoms with E-state index in [0.29, 0.717) is 22.5 Å². The van der Waals surface area contributed by atoms with Gasteiger partial charge in [0.1, 0.15) is 11.7 Å². The highest BCUT2D eigenvalue weighted by molar-refractivity contribution is 7.81. The molecule has 1 amide bonds. The Balaban J connectivity index is 1.32. The number of anilines is 2. The Hall–Kier alpha value is -3.35. The first-order chi connectivity index (χ1) is 17.4. The standard InChI is InChI=1S/C27H29N7OS/c1-18-13-22(16-29-24(18)28-2)33-25(35)27(9-4-10-27)34(26(33)36)21-5-6-23-20(14-21)15-30-32(23)17-19-7-11-31(3)12-8-19/h5-6,13-16,19H,4,7-12,17H2,1,3H3. The fourth-order valence-electron chi connectivity index (χ4n) is 5.85. The van der Waals surface area contributed by atoms with E-state index < -0.39 is 5.54 Å². The lowest BCUT2D eigenvalue weighted by atomic mass is 9.75. The number of piperidine rings is 1. The van der Waals surface area contributed by atoms with E-state index in [4.69, 9.17) is 23.9 Å². The quantitative estimate of drug-likeness (QED) is 0.383. The third kappa shape index (κ3) is 3.51. The van der Waals surface area contributed by atoms with Crippen LogP contribution in [0.1, 0.15) is 37.7 Å². The summed E-state index contributed by atoms with van der Waals surface area (Å²) in [4.78, 5) is 27.5. The van der Waals surface area contributed by atoms with Crippen LogP contribution in [-0.4, -0.2) is 56.4 Å². The minimum atomic E-state index is -0.652. The number of carbonyl (C=O) groups is 1. The molecule has 0 atom stereocenters. The molecule has 0 bridgehead atoms. The summed E-state index contributed by atoms with van der Waals surface area (Å²) < 4.78 is 2.13. The van der Waals surface area contributed by atoms with E-state index in [9.17, 15) is 4.79 Å². The van der Waals surface area contributed by atoms with Gasteiger partial charge in [-0.2, -0.15) is 5.10 Å². The molecule has 0 radical (unpaired) electrons. The molecule has 9 heteroatoms. The van der Waals surface area contributed by atoms with Crippen molar-refractivity contribution in [1.29, 1.82) is 0 Å². The molecule has 0 N–H and O–H groups in total. The van der Waals surface area contributed by atoms with Crippen LogP contribution in [0.3, 0.4) is 0 Å². The topological polar surface area (TPSA) is 61.9 Å². The number of amides is 1. The molecule has 4 heterocycles. The molecule has 6 rings (SSSR count). The Morgan fingerprint density at radius 2 is 1.94 bits per heavy atom. The molecule has 3 aromatic rings. The zero-order valence-electron chi connectivity index (χ0n) is 20.6. The molecule has 3 fully saturated rings.